The molecule has 0 aromatic heterocycles. The number of hydrogen-bond acceptors (Lipinski definition) is 5. The number of methoxy groups -OCH3 is 1. The number of aldehydes is 1. The Hall–Kier alpha value is -2.11. The zero-order valence-electron chi connectivity index (χ0n) is 11.2. The van der Waals surface area contributed by atoms with Crippen molar-refractivity contribution in [3.63, 3.8) is 0 Å². The van der Waals surface area contributed by atoms with E-state index in [-0.39, 0.29) is 17.0 Å². The second kappa shape index (κ2) is 6.72. The Morgan fingerprint density at radius 3 is 2.58 bits per heavy atom. The summed E-state index contributed by atoms with van der Waals surface area (Å²) in [7, 11) is 1.42. The molecule has 0 radical (unpaired) electrons. The SMILES string of the molecule is CC[C@H](C)COc1cc([N+](=O)[O-])c(C=O)cc1OC. The quantitative estimate of drug-likeness (QED) is 0.431. The number of benzene rings is 1. The van der Waals surface area contributed by atoms with E-state index < -0.39 is 4.92 Å². The van der Waals surface area contributed by atoms with Crippen LogP contribution in [0.1, 0.15) is 30.6 Å². The first kappa shape index (κ1) is 14.9. The summed E-state index contributed by atoms with van der Waals surface area (Å²) in [6.07, 6.45) is 1.37. The van der Waals surface area contributed by atoms with Crippen LogP contribution in [0.2, 0.25) is 0 Å². The van der Waals surface area contributed by atoms with Crippen LogP contribution < -0.4 is 9.47 Å². The topological polar surface area (TPSA) is 78.7 Å². The van der Waals surface area contributed by atoms with Gasteiger partial charge in [0, 0.05) is 6.07 Å². The lowest BCUT2D eigenvalue weighted by Gasteiger charge is -2.14. The van der Waals surface area contributed by atoms with Gasteiger partial charge in [-0.1, -0.05) is 20.3 Å². The molecule has 0 aliphatic heterocycles. The minimum Gasteiger partial charge on any atom is -0.493 e. The van der Waals surface area contributed by atoms with E-state index in [9.17, 15) is 14.9 Å². The van der Waals surface area contributed by atoms with Gasteiger partial charge < -0.3 is 9.47 Å². The van der Waals surface area contributed by atoms with Gasteiger partial charge in [0.2, 0.25) is 0 Å². The van der Waals surface area contributed by atoms with Crippen molar-refractivity contribution in [2.45, 2.75) is 20.3 Å². The molecule has 1 atom stereocenters. The molecule has 0 N–H and O–H groups in total. The summed E-state index contributed by atoms with van der Waals surface area (Å²) in [5.74, 6) is 0.922. The van der Waals surface area contributed by atoms with E-state index in [1.165, 1.54) is 19.2 Å². The molecule has 0 spiro atoms. The van der Waals surface area contributed by atoms with Crippen molar-refractivity contribution < 1.29 is 19.2 Å². The van der Waals surface area contributed by atoms with Crippen molar-refractivity contribution in [2.75, 3.05) is 13.7 Å². The predicted molar refractivity (Wildman–Crippen MR) is 70.0 cm³/mol. The molecule has 104 valence electrons. The van der Waals surface area contributed by atoms with Gasteiger partial charge in [-0.2, -0.15) is 0 Å². The Balaban J connectivity index is 3.11. The Bertz CT molecular complexity index is 472. The Morgan fingerprint density at radius 1 is 1.42 bits per heavy atom. The fraction of sp³-hybridized carbons (Fsp3) is 0.462. The van der Waals surface area contributed by atoms with Gasteiger partial charge in [0.1, 0.15) is 0 Å². The number of nitrogens with zero attached hydrogens (tertiary/aromatic N) is 1. The van der Waals surface area contributed by atoms with Crippen molar-refractivity contribution in [1.29, 1.82) is 0 Å². The maximum Gasteiger partial charge on any atom is 0.283 e. The number of nitro groups is 1. The van der Waals surface area contributed by atoms with Crippen molar-refractivity contribution >= 4 is 12.0 Å². The Labute approximate surface area is 111 Å². The summed E-state index contributed by atoms with van der Waals surface area (Å²) in [5.41, 5.74) is -0.312. The largest absolute Gasteiger partial charge is 0.493 e. The lowest BCUT2D eigenvalue weighted by Crippen LogP contribution is -2.08. The smallest absolute Gasteiger partial charge is 0.283 e. The molecule has 0 aliphatic rings. The molecule has 6 nitrogen and oxygen atoms in total. The number of nitro benzene ring substituents is 1. The number of carbonyl (C=O) groups excluding carboxylic acids is 1. The van der Waals surface area contributed by atoms with Gasteiger partial charge in [-0.3, -0.25) is 14.9 Å². The van der Waals surface area contributed by atoms with Gasteiger partial charge >= 0.3 is 0 Å². The highest BCUT2D eigenvalue weighted by atomic mass is 16.6. The summed E-state index contributed by atoms with van der Waals surface area (Å²) < 4.78 is 10.6. The van der Waals surface area contributed by atoms with Crippen LogP contribution in [0.15, 0.2) is 12.1 Å². The number of carbonyl (C=O) groups is 1. The molecule has 0 saturated carbocycles. The second-order valence-corrected chi connectivity index (χ2v) is 4.26. The summed E-state index contributed by atoms with van der Waals surface area (Å²) in [6.45, 7) is 4.48. The summed E-state index contributed by atoms with van der Waals surface area (Å²) in [6, 6.07) is 2.54. The Kier molecular flexibility index (Phi) is 5.29. The van der Waals surface area contributed by atoms with Gasteiger partial charge in [-0.25, -0.2) is 0 Å². The third kappa shape index (κ3) is 3.67. The molecule has 0 saturated heterocycles. The van der Waals surface area contributed by atoms with E-state index in [1.54, 1.807) is 0 Å². The third-order valence-electron chi connectivity index (χ3n) is 2.86. The van der Waals surface area contributed by atoms with Crippen LogP contribution in [0, 0.1) is 16.0 Å². The van der Waals surface area contributed by atoms with Crippen LogP contribution in [0.5, 0.6) is 11.5 Å². The summed E-state index contributed by atoms with van der Waals surface area (Å²) in [5, 5.41) is 10.9. The molecule has 0 amide bonds. The first-order chi connectivity index (χ1) is 9.03. The molecular formula is C13H17NO5. The molecule has 0 heterocycles. The molecule has 0 bridgehead atoms. The number of rotatable bonds is 7. The third-order valence-corrected chi connectivity index (χ3v) is 2.86. The van der Waals surface area contributed by atoms with E-state index in [4.69, 9.17) is 9.47 Å². The fourth-order valence-corrected chi connectivity index (χ4v) is 1.44. The molecule has 0 aliphatic carbocycles. The van der Waals surface area contributed by atoms with Gasteiger partial charge in [0.15, 0.2) is 17.8 Å². The minimum absolute atomic E-state index is 0.0299. The van der Waals surface area contributed by atoms with E-state index in [2.05, 4.69) is 0 Å². The molecule has 0 unspecified atom stereocenters. The van der Waals surface area contributed by atoms with E-state index in [1.807, 2.05) is 13.8 Å². The van der Waals surface area contributed by atoms with Gasteiger partial charge in [0.25, 0.3) is 5.69 Å². The average molecular weight is 267 g/mol. The summed E-state index contributed by atoms with van der Waals surface area (Å²) >= 11 is 0. The van der Waals surface area contributed by atoms with E-state index >= 15 is 0 Å². The van der Waals surface area contributed by atoms with Crippen LogP contribution >= 0.6 is 0 Å². The lowest BCUT2D eigenvalue weighted by molar-refractivity contribution is -0.385. The lowest BCUT2D eigenvalue weighted by atomic mass is 10.1. The normalized spacial score (nSPS) is 11.7. The number of hydrogen-bond donors (Lipinski definition) is 0. The second-order valence-electron chi connectivity index (χ2n) is 4.26. The zero-order chi connectivity index (χ0) is 14.4. The fourth-order valence-electron chi connectivity index (χ4n) is 1.44. The molecule has 1 aromatic carbocycles. The highest BCUT2D eigenvalue weighted by Gasteiger charge is 2.19. The van der Waals surface area contributed by atoms with Gasteiger partial charge in [0.05, 0.1) is 30.3 Å². The van der Waals surface area contributed by atoms with E-state index in [0.717, 1.165) is 6.42 Å². The van der Waals surface area contributed by atoms with Crippen molar-refractivity contribution in [1.82, 2.24) is 0 Å². The maximum absolute atomic E-state index is 10.9. The Morgan fingerprint density at radius 2 is 2.11 bits per heavy atom. The predicted octanol–water partition coefficient (Wildman–Crippen LogP) is 2.84. The molecule has 1 rings (SSSR count). The number of ether oxygens (including phenoxy) is 2. The summed E-state index contributed by atoms with van der Waals surface area (Å²) in [4.78, 5) is 21.1. The van der Waals surface area contributed by atoms with Crippen LogP contribution in [-0.4, -0.2) is 24.9 Å². The highest BCUT2D eigenvalue weighted by Crippen LogP contribution is 2.34. The van der Waals surface area contributed by atoms with Gasteiger partial charge in [-0.05, 0) is 5.92 Å². The van der Waals surface area contributed by atoms with Crippen molar-refractivity contribution in [2.24, 2.45) is 5.92 Å². The highest BCUT2D eigenvalue weighted by molar-refractivity contribution is 5.83. The first-order valence-electron chi connectivity index (χ1n) is 5.97. The van der Waals surface area contributed by atoms with Gasteiger partial charge in [-0.15, -0.1) is 0 Å². The zero-order valence-corrected chi connectivity index (χ0v) is 11.2. The van der Waals surface area contributed by atoms with Crippen molar-refractivity contribution in [3.8, 4) is 11.5 Å². The van der Waals surface area contributed by atoms with Crippen LogP contribution in [0.4, 0.5) is 5.69 Å². The van der Waals surface area contributed by atoms with Crippen LogP contribution in [-0.2, 0) is 0 Å². The molecule has 19 heavy (non-hydrogen) atoms. The van der Waals surface area contributed by atoms with E-state index in [0.29, 0.717) is 24.6 Å². The standard InChI is InChI=1S/C13H17NO5/c1-4-9(2)8-19-13-6-11(14(16)17)10(7-15)5-12(13)18-3/h5-7,9H,4,8H2,1-3H3/t9-/m0/s1. The molecule has 0 fully saturated rings. The molecule has 1 aromatic rings. The minimum atomic E-state index is -0.612. The van der Waals surface area contributed by atoms with Crippen LogP contribution in [0.3, 0.4) is 0 Å². The van der Waals surface area contributed by atoms with Crippen LogP contribution in [0.25, 0.3) is 0 Å². The maximum atomic E-state index is 10.9. The van der Waals surface area contributed by atoms with Crippen molar-refractivity contribution in [3.05, 3.63) is 27.8 Å². The molecular weight excluding hydrogens is 250 g/mol. The first-order valence-corrected chi connectivity index (χ1v) is 5.97. The monoisotopic (exact) mass is 267 g/mol. The molecule has 6 heteroatoms. The average Bonchev–Trinajstić information content (AvgIpc) is 2.43.